The Bertz CT molecular complexity index is 804. The van der Waals surface area contributed by atoms with Gasteiger partial charge in [0.1, 0.15) is 11.4 Å². The summed E-state index contributed by atoms with van der Waals surface area (Å²) in [6.45, 7) is 5.33. The summed E-state index contributed by atoms with van der Waals surface area (Å²) >= 11 is 0. The van der Waals surface area contributed by atoms with Crippen LogP contribution in [-0.4, -0.2) is 102 Å². The number of nitrogens with two attached hydrogens (primary N) is 1. The predicted molar refractivity (Wildman–Crippen MR) is 101 cm³/mol. The number of ketones is 2. The zero-order chi connectivity index (χ0) is 20.5. The maximum absolute atomic E-state index is 12.4. The molecule has 3 heterocycles. The molecular weight excluding hydrogens is 388 g/mol. The van der Waals surface area contributed by atoms with E-state index in [0.717, 1.165) is 39.3 Å². The van der Waals surface area contributed by atoms with Gasteiger partial charge in [-0.2, -0.15) is 8.42 Å². The lowest BCUT2D eigenvalue weighted by atomic mass is 10.0. The van der Waals surface area contributed by atoms with E-state index in [2.05, 4.69) is 0 Å². The Balaban J connectivity index is 0.000000180. The van der Waals surface area contributed by atoms with Crippen molar-refractivity contribution in [3.8, 4) is 0 Å². The highest BCUT2D eigenvalue weighted by molar-refractivity contribution is 7.86. The van der Waals surface area contributed by atoms with Crippen LogP contribution in [0.2, 0.25) is 0 Å². The first kappa shape index (κ1) is 20.8. The summed E-state index contributed by atoms with van der Waals surface area (Å²) in [5.74, 6) is 0.0485. The van der Waals surface area contributed by atoms with Crippen molar-refractivity contribution >= 4 is 21.7 Å². The quantitative estimate of drug-likeness (QED) is 0.235. The first-order valence-corrected chi connectivity index (χ1v) is 10.8. The van der Waals surface area contributed by atoms with Gasteiger partial charge in [-0.25, -0.2) is 0 Å². The Morgan fingerprint density at radius 1 is 0.964 bits per heavy atom. The summed E-state index contributed by atoms with van der Waals surface area (Å²) < 4.78 is 29.5. The summed E-state index contributed by atoms with van der Waals surface area (Å²) in [7, 11) is -4.03. The van der Waals surface area contributed by atoms with Gasteiger partial charge in [-0.3, -0.25) is 14.1 Å². The van der Waals surface area contributed by atoms with Crippen LogP contribution in [0.25, 0.3) is 0 Å². The second-order valence-electron chi connectivity index (χ2n) is 7.11. The number of carbonyl (C=O) groups is 2. The van der Waals surface area contributed by atoms with Gasteiger partial charge in [0, 0.05) is 52.0 Å². The fraction of sp³-hybridized carbons (Fsp3) is 0.647. The molecule has 0 bridgehead atoms. The number of hydrogen-bond donors (Lipinski definition) is 3. The van der Waals surface area contributed by atoms with Crippen LogP contribution in [0.15, 0.2) is 23.2 Å². The highest BCUT2D eigenvalue weighted by Crippen LogP contribution is 2.33. The Hall–Kier alpha value is -1.95. The molecule has 0 amide bonds. The molecule has 0 aromatic heterocycles. The number of nitrogens with zero attached hydrogens (tertiary/aromatic N) is 3. The Morgan fingerprint density at radius 3 is 1.93 bits per heavy atom. The minimum absolute atomic E-state index is 0.00546. The van der Waals surface area contributed by atoms with Crippen molar-refractivity contribution in [2.24, 2.45) is 5.73 Å². The zero-order valence-corrected chi connectivity index (χ0v) is 16.4. The monoisotopic (exact) mass is 414 g/mol. The number of rotatable bonds is 8. The van der Waals surface area contributed by atoms with E-state index in [0.29, 0.717) is 17.1 Å². The van der Waals surface area contributed by atoms with Crippen molar-refractivity contribution in [2.45, 2.75) is 18.1 Å². The SMILES string of the molecule is NCCC(CCO)S(=O)(=O)O.O=C1C=C(N2CC2)C(=O)C(N2CC2)=C1N1CC1. The highest BCUT2D eigenvalue weighted by Gasteiger charge is 2.43. The molecule has 3 aliphatic heterocycles. The lowest BCUT2D eigenvalue weighted by Crippen LogP contribution is -2.29. The van der Waals surface area contributed by atoms with E-state index in [4.69, 9.17) is 15.4 Å². The van der Waals surface area contributed by atoms with Crippen LogP contribution in [-0.2, 0) is 19.7 Å². The van der Waals surface area contributed by atoms with E-state index in [1.54, 1.807) is 0 Å². The third kappa shape index (κ3) is 4.90. The predicted octanol–water partition coefficient (Wildman–Crippen LogP) is -1.85. The molecule has 11 heteroatoms. The largest absolute Gasteiger partial charge is 0.396 e. The lowest BCUT2D eigenvalue weighted by molar-refractivity contribution is -0.117. The molecular formula is C17H26N4O6S. The van der Waals surface area contributed by atoms with Gasteiger partial charge in [-0.15, -0.1) is 0 Å². The zero-order valence-electron chi connectivity index (χ0n) is 15.6. The molecule has 4 aliphatic rings. The van der Waals surface area contributed by atoms with Crippen LogP contribution in [0, 0.1) is 0 Å². The molecule has 1 atom stereocenters. The molecule has 4 N–H and O–H groups in total. The van der Waals surface area contributed by atoms with Crippen LogP contribution in [0.3, 0.4) is 0 Å². The topological polar surface area (TPSA) is 144 Å². The number of Topliss-reactive ketones (excluding diaryl/α,β-unsaturated/α-hetero) is 1. The van der Waals surface area contributed by atoms with Crippen molar-refractivity contribution in [3.05, 3.63) is 23.2 Å². The van der Waals surface area contributed by atoms with Gasteiger partial charge in [0.25, 0.3) is 10.1 Å². The first-order chi connectivity index (χ1) is 13.3. The summed E-state index contributed by atoms with van der Waals surface area (Å²) in [5.41, 5.74) is 6.99. The first-order valence-electron chi connectivity index (χ1n) is 9.35. The number of hydrogen-bond acceptors (Lipinski definition) is 9. The van der Waals surface area contributed by atoms with E-state index in [-0.39, 0.29) is 37.6 Å². The molecule has 0 aromatic rings. The third-order valence-electron chi connectivity index (χ3n) is 4.85. The van der Waals surface area contributed by atoms with E-state index < -0.39 is 15.4 Å². The minimum atomic E-state index is -4.03. The van der Waals surface area contributed by atoms with E-state index in [1.165, 1.54) is 6.08 Å². The third-order valence-corrected chi connectivity index (χ3v) is 6.16. The van der Waals surface area contributed by atoms with E-state index in [9.17, 15) is 18.0 Å². The lowest BCUT2D eigenvalue weighted by Gasteiger charge is -2.21. The molecule has 0 saturated carbocycles. The normalized spacial score (nSPS) is 22.0. The molecule has 1 aliphatic carbocycles. The molecule has 3 fully saturated rings. The van der Waals surface area contributed by atoms with Crippen molar-refractivity contribution < 1.29 is 27.7 Å². The van der Waals surface area contributed by atoms with E-state index in [1.807, 2.05) is 14.7 Å². The van der Waals surface area contributed by atoms with Gasteiger partial charge in [0.2, 0.25) is 11.6 Å². The van der Waals surface area contributed by atoms with Crippen LogP contribution >= 0.6 is 0 Å². The molecule has 10 nitrogen and oxygen atoms in total. The number of aliphatic hydroxyl groups excluding tert-OH is 1. The van der Waals surface area contributed by atoms with Crippen molar-refractivity contribution in [3.63, 3.8) is 0 Å². The second-order valence-corrected chi connectivity index (χ2v) is 8.80. The van der Waals surface area contributed by atoms with Crippen LogP contribution in [0.5, 0.6) is 0 Å². The van der Waals surface area contributed by atoms with Gasteiger partial charge < -0.3 is 25.5 Å². The van der Waals surface area contributed by atoms with Gasteiger partial charge >= 0.3 is 0 Å². The summed E-state index contributed by atoms with van der Waals surface area (Å²) in [6, 6.07) is 0. The molecule has 156 valence electrons. The second kappa shape index (κ2) is 8.19. The molecule has 3 saturated heterocycles. The standard InChI is InChI=1S/C12H13N3O2.C5H13NO4S/c16-9-7-8(13-1-2-13)12(17)11(15-5-6-15)10(9)14-3-4-14;6-3-1-5(2-4-7)11(8,9)10/h7H,1-6H2;5,7H,1-4,6H2,(H,8,9,10). The maximum atomic E-state index is 12.4. The summed E-state index contributed by atoms with van der Waals surface area (Å²) in [4.78, 5) is 30.5. The molecule has 0 radical (unpaired) electrons. The Kier molecular flexibility index (Phi) is 6.08. The van der Waals surface area contributed by atoms with Crippen molar-refractivity contribution in [1.29, 1.82) is 0 Å². The minimum Gasteiger partial charge on any atom is -0.396 e. The van der Waals surface area contributed by atoms with Crippen molar-refractivity contribution in [1.82, 2.24) is 14.7 Å². The Labute approximate surface area is 164 Å². The van der Waals surface area contributed by atoms with E-state index >= 15 is 0 Å². The molecule has 0 spiro atoms. The van der Waals surface area contributed by atoms with Gasteiger partial charge in [-0.05, 0) is 19.4 Å². The van der Waals surface area contributed by atoms with Gasteiger partial charge in [0.05, 0.1) is 10.9 Å². The highest BCUT2D eigenvalue weighted by atomic mass is 32.2. The van der Waals surface area contributed by atoms with Crippen molar-refractivity contribution in [2.75, 3.05) is 52.4 Å². The molecule has 4 rings (SSSR count). The Morgan fingerprint density at radius 2 is 1.50 bits per heavy atom. The van der Waals surface area contributed by atoms with Crippen LogP contribution in [0.4, 0.5) is 0 Å². The average Bonchev–Trinajstić information content (AvgIpc) is 3.48. The average molecular weight is 414 g/mol. The fourth-order valence-corrected chi connectivity index (χ4v) is 3.88. The smallest absolute Gasteiger partial charge is 0.267 e. The summed E-state index contributed by atoms with van der Waals surface area (Å²) in [6.07, 6.45) is 1.74. The fourth-order valence-electron chi connectivity index (χ4n) is 3.05. The number of aliphatic hydroxyl groups is 1. The summed E-state index contributed by atoms with van der Waals surface area (Å²) in [5, 5.41) is 7.49. The molecule has 28 heavy (non-hydrogen) atoms. The van der Waals surface area contributed by atoms with Crippen LogP contribution in [0.1, 0.15) is 12.8 Å². The molecule has 0 aromatic carbocycles. The maximum Gasteiger partial charge on any atom is 0.267 e. The van der Waals surface area contributed by atoms with Gasteiger partial charge in [0.15, 0.2) is 0 Å². The van der Waals surface area contributed by atoms with Gasteiger partial charge in [-0.1, -0.05) is 0 Å². The van der Waals surface area contributed by atoms with Crippen LogP contribution < -0.4 is 5.73 Å². The molecule has 1 unspecified atom stereocenters. The number of allylic oxidation sites excluding steroid dienone is 1. The number of carbonyl (C=O) groups excluding carboxylic acids is 2.